The first kappa shape index (κ1) is 16.2. The van der Waals surface area contributed by atoms with Gasteiger partial charge < -0.3 is 4.74 Å². The molecule has 2 unspecified atom stereocenters. The fraction of sp³-hybridized carbons (Fsp3) is 1.00. The van der Waals surface area contributed by atoms with Gasteiger partial charge in [0.05, 0.1) is 18.5 Å². The van der Waals surface area contributed by atoms with E-state index in [9.17, 15) is 8.42 Å². The van der Waals surface area contributed by atoms with E-state index in [4.69, 9.17) is 15.4 Å². The molecule has 16 heavy (non-hydrogen) atoms. The van der Waals surface area contributed by atoms with Crippen molar-refractivity contribution in [1.29, 1.82) is 0 Å². The van der Waals surface area contributed by atoms with Gasteiger partial charge in [-0.1, -0.05) is 27.7 Å². The van der Waals surface area contributed by atoms with Gasteiger partial charge in [0.1, 0.15) is 0 Å². The molecule has 3 nitrogen and oxygen atoms in total. The molecule has 0 saturated heterocycles. The Hall–Kier alpha value is 0.200. The van der Waals surface area contributed by atoms with E-state index < -0.39 is 9.05 Å². The third-order valence-electron chi connectivity index (χ3n) is 2.87. The summed E-state index contributed by atoms with van der Waals surface area (Å²) in [5.41, 5.74) is 0. The number of hydrogen-bond donors (Lipinski definition) is 0. The van der Waals surface area contributed by atoms with Gasteiger partial charge in [-0.3, -0.25) is 0 Å². The maximum absolute atomic E-state index is 11.0. The molecule has 0 N–H and O–H groups in total. The van der Waals surface area contributed by atoms with Gasteiger partial charge in [0.15, 0.2) is 0 Å². The highest BCUT2D eigenvalue weighted by Gasteiger charge is 2.22. The minimum atomic E-state index is -3.44. The van der Waals surface area contributed by atoms with Crippen molar-refractivity contribution in [2.75, 3.05) is 12.4 Å². The van der Waals surface area contributed by atoms with Gasteiger partial charge in [-0.2, -0.15) is 0 Å². The van der Waals surface area contributed by atoms with Crippen LogP contribution in [0.1, 0.15) is 34.6 Å². The third kappa shape index (κ3) is 7.47. The van der Waals surface area contributed by atoms with E-state index >= 15 is 0 Å². The summed E-state index contributed by atoms with van der Waals surface area (Å²) in [7, 11) is 1.82. The van der Waals surface area contributed by atoms with Crippen LogP contribution in [0.15, 0.2) is 0 Å². The molecule has 0 fully saturated rings. The summed E-state index contributed by atoms with van der Waals surface area (Å²) < 4.78 is 27.7. The van der Waals surface area contributed by atoms with Gasteiger partial charge in [0, 0.05) is 10.7 Å². The first-order valence-corrected chi connectivity index (χ1v) is 8.15. The predicted molar refractivity (Wildman–Crippen MR) is 68.2 cm³/mol. The van der Waals surface area contributed by atoms with E-state index in [1.54, 1.807) is 0 Å². The Kier molecular flexibility index (Phi) is 6.90. The molecule has 0 aliphatic rings. The summed E-state index contributed by atoms with van der Waals surface area (Å²) in [6.45, 7) is 10.6. The van der Waals surface area contributed by atoms with Gasteiger partial charge in [0.2, 0.25) is 9.05 Å². The molecule has 0 aliphatic heterocycles. The molecule has 0 saturated carbocycles. The number of ether oxygens (including phenoxy) is 1. The topological polar surface area (TPSA) is 43.4 Å². The highest BCUT2D eigenvalue weighted by Crippen LogP contribution is 2.18. The largest absolute Gasteiger partial charge is 0.378 e. The summed E-state index contributed by atoms with van der Waals surface area (Å²) >= 11 is 0. The van der Waals surface area contributed by atoms with Crippen molar-refractivity contribution in [1.82, 2.24) is 0 Å². The van der Waals surface area contributed by atoms with Crippen LogP contribution in [0.25, 0.3) is 0 Å². The van der Waals surface area contributed by atoms with E-state index in [0.717, 1.165) is 0 Å². The minimum absolute atomic E-state index is 0.0168. The number of rotatable bonds is 7. The molecule has 0 heterocycles. The van der Waals surface area contributed by atoms with Crippen LogP contribution < -0.4 is 0 Å². The first-order chi connectivity index (χ1) is 7.13. The van der Waals surface area contributed by atoms with Crippen molar-refractivity contribution in [3.63, 3.8) is 0 Å². The Morgan fingerprint density at radius 2 is 1.56 bits per heavy atom. The van der Waals surface area contributed by atoms with Crippen LogP contribution in [0.5, 0.6) is 0 Å². The Morgan fingerprint density at radius 3 is 1.88 bits per heavy atom. The molecule has 0 aromatic rings. The lowest BCUT2D eigenvalue weighted by molar-refractivity contribution is 0.00941. The quantitative estimate of drug-likeness (QED) is 0.668. The van der Waals surface area contributed by atoms with Crippen LogP contribution in [0, 0.1) is 17.8 Å². The standard InChI is InChI=1S/C11H23ClO3S/c1-8(2)10(5)15-6-11(9(3)4)7-16(12,13)14/h8-11H,6-7H2,1-5H3. The fourth-order valence-corrected chi connectivity index (χ4v) is 2.63. The van der Waals surface area contributed by atoms with Crippen LogP contribution in [0.4, 0.5) is 0 Å². The molecular formula is C11H23ClO3S. The molecule has 5 heteroatoms. The fourth-order valence-electron chi connectivity index (χ4n) is 1.16. The molecule has 98 valence electrons. The lowest BCUT2D eigenvalue weighted by Gasteiger charge is -2.23. The van der Waals surface area contributed by atoms with Crippen LogP contribution in [0.2, 0.25) is 0 Å². The van der Waals surface area contributed by atoms with Crippen molar-refractivity contribution in [2.24, 2.45) is 17.8 Å². The van der Waals surface area contributed by atoms with Crippen molar-refractivity contribution >= 4 is 19.7 Å². The second kappa shape index (κ2) is 6.82. The molecule has 2 atom stereocenters. The Labute approximate surface area is 104 Å². The summed E-state index contributed by atoms with van der Waals surface area (Å²) in [4.78, 5) is 0. The summed E-state index contributed by atoms with van der Waals surface area (Å²) in [6.07, 6.45) is 0.138. The molecule has 0 rings (SSSR count). The summed E-state index contributed by atoms with van der Waals surface area (Å²) in [5.74, 6) is 0.619. The van der Waals surface area contributed by atoms with E-state index in [0.29, 0.717) is 12.5 Å². The zero-order chi connectivity index (χ0) is 12.9. The first-order valence-electron chi connectivity index (χ1n) is 5.67. The maximum atomic E-state index is 11.0. The maximum Gasteiger partial charge on any atom is 0.232 e. The lowest BCUT2D eigenvalue weighted by Crippen LogP contribution is -2.27. The van der Waals surface area contributed by atoms with Gasteiger partial charge >= 0.3 is 0 Å². The molecule has 0 aliphatic carbocycles. The molecule has 0 aromatic heterocycles. The second-order valence-electron chi connectivity index (χ2n) is 4.99. The van der Waals surface area contributed by atoms with Crippen molar-refractivity contribution in [2.45, 2.75) is 40.7 Å². The highest BCUT2D eigenvalue weighted by atomic mass is 35.7. The average molecular weight is 271 g/mol. The monoisotopic (exact) mass is 270 g/mol. The van der Waals surface area contributed by atoms with Crippen LogP contribution in [-0.2, 0) is 13.8 Å². The molecule has 0 spiro atoms. The predicted octanol–water partition coefficient (Wildman–Crippen LogP) is 2.89. The molecule has 0 amide bonds. The van der Waals surface area contributed by atoms with Gasteiger partial charge in [-0.05, 0) is 24.7 Å². The van der Waals surface area contributed by atoms with E-state index in [2.05, 4.69) is 13.8 Å². The normalized spacial score (nSPS) is 16.8. The zero-order valence-corrected chi connectivity index (χ0v) is 12.3. The van der Waals surface area contributed by atoms with Gasteiger partial charge in [-0.25, -0.2) is 8.42 Å². The smallest absolute Gasteiger partial charge is 0.232 e. The van der Waals surface area contributed by atoms with E-state index in [-0.39, 0.29) is 23.7 Å². The molecule has 0 radical (unpaired) electrons. The Bertz CT molecular complexity index is 286. The lowest BCUT2D eigenvalue weighted by atomic mass is 9.99. The van der Waals surface area contributed by atoms with Crippen LogP contribution >= 0.6 is 10.7 Å². The van der Waals surface area contributed by atoms with Crippen molar-refractivity contribution in [3.05, 3.63) is 0 Å². The second-order valence-corrected chi connectivity index (χ2v) is 7.81. The van der Waals surface area contributed by atoms with Crippen LogP contribution in [-0.4, -0.2) is 26.9 Å². The van der Waals surface area contributed by atoms with Gasteiger partial charge in [0.25, 0.3) is 0 Å². The Morgan fingerprint density at radius 1 is 1.06 bits per heavy atom. The Balaban J connectivity index is 4.26. The summed E-state index contributed by atoms with van der Waals surface area (Å²) in [5, 5.41) is 0. The highest BCUT2D eigenvalue weighted by molar-refractivity contribution is 8.13. The van der Waals surface area contributed by atoms with Crippen molar-refractivity contribution in [3.8, 4) is 0 Å². The molecule has 0 bridgehead atoms. The third-order valence-corrected chi connectivity index (χ3v) is 4.07. The number of hydrogen-bond acceptors (Lipinski definition) is 3. The zero-order valence-electron chi connectivity index (χ0n) is 10.7. The summed E-state index contributed by atoms with van der Waals surface area (Å²) in [6, 6.07) is 0. The van der Waals surface area contributed by atoms with Crippen LogP contribution in [0.3, 0.4) is 0 Å². The van der Waals surface area contributed by atoms with E-state index in [1.165, 1.54) is 0 Å². The SMILES string of the molecule is CC(C)C(COC(C)C(C)C)CS(=O)(=O)Cl. The van der Waals surface area contributed by atoms with Crippen molar-refractivity contribution < 1.29 is 13.2 Å². The molecular weight excluding hydrogens is 248 g/mol. The average Bonchev–Trinajstić information content (AvgIpc) is 2.09. The van der Waals surface area contributed by atoms with E-state index in [1.807, 2.05) is 20.8 Å². The minimum Gasteiger partial charge on any atom is -0.378 e. The number of halogens is 1. The van der Waals surface area contributed by atoms with Gasteiger partial charge in [-0.15, -0.1) is 0 Å². The molecule has 0 aromatic carbocycles.